The topological polar surface area (TPSA) is 73.2 Å². The van der Waals surface area contributed by atoms with E-state index < -0.39 is 0 Å². The molecule has 5 nitrogen and oxygen atoms in total. The van der Waals surface area contributed by atoms with Crippen molar-refractivity contribution in [2.75, 3.05) is 0 Å². The van der Waals surface area contributed by atoms with E-state index in [1.165, 1.54) is 9.13 Å². The molecule has 0 bridgehead atoms. The molecule has 0 amide bonds. The van der Waals surface area contributed by atoms with Crippen molar-refractivity contribution < 1.29 is 5.11 Å². The van der Waals surface area contributed by atoms with Crippen molar-refractivity contribution >= 4 is 17.2 Å². The summed E-state index contributed by atoms with van der Waals surface area (Å²) in [5.41, 5.74) is 10.9. The Morgan fingerprint density at radius 3 is 2.48 bits per heavy atom. The zero-order valence-electron chi connectivity index (χ0n) is 16.9. The molecule has 1 aromatic heterocycles. The highest BCUT2D eigenvalue weighted by molar-refractivity contribution is 6.32. The number of allylic oxidation sites excluding steroid dienone is 4. The summed E-state index contributed by atoms with van der Waals surface area (Å²) in [5.74, 6) is 0.155. The zero-order valence-corrected chi connectivity index (χ0v) is 17.7. The highest BCUT2D eigenvalue weighted by Gasteiger charge is 2.15. The molecule has 150 valence electrons. The first kappa shape index (κ1) is 20.6. The Morgan fingerprint density at radius 2 is 1.93 bits per heavy atom. The number of imidazole rings is 1. The van der Waals surface area contributed by atoms with Gasteiger partial charge < -0.3 is 15.4 Å². The van der Waals surface area contributed by atoms with Gasteiger partial charge in [0.05, 0.1) is 10.7 Å². The third kappa shape index (κ3) is 4.00. The first-order valence-corrected chi connectivity index (χ1v) is 9.59. The van der Waals surface area contributed by atoms with E-state index in [9.17, 15) is 9.90 Å². The maximum atomic E-state index is 12.2. The number of halogens is 1. The van der Waals surface area contributed by atoms with E-state index in [4.69, 9.17) is 17.3 Å². The maximum absolute atomic E-state index is 12.2. The summed E-state index contributed by atoms with van der Waals surface area (Å²) in [7, 11) is 1.68. The summed E-state index contributed by atoms with van der Waals surface area (Å²) in [6, 6.07) is 9.21. The molecule has 0 aliphatic heterocycles. The summed E-state index contributed by atoms with van der Waals surface area (Å²) in [5, 5.41) is 11.4. The molecule has 0 unspecified atom stereocenters. The van der Waals surface area contributed by atoms with Gasteiger partial charge in [0, 0.05) is 36.3 Å². The van der Waals surface area contributed by atoms with Crippen molar-refractivity contribution in [3.63, 3.8) is 0 Å². The average molecular weight is 410 g/mol. The van der Waals surface area contributed by atoms with Crippen LogP contribution in [0.3, 0.4) is 0 Å². The van der Waals surface area contributed by atoms with Gasteiger partial charge in [-0.25, -0.2) is 4.79 Å². The van der Waals surface area contributed by atoms with Crippen molar-refractivity contribution in [1.29, 1.82) is 0 Å². The number of aromatic nitrogens is 2. The Balaban J connectivity index is 2.15. The van der Waals surface area contributed by atoms with Crippen LogP contribution in [0.25, 0.3) is 22.4 Å². The van der Waals surface area contributed by atoms with Gasteiger partial charge in [-0.05, 0) is 67.8 Å². The van der Waals surface area contributed by atoms with Crippen LogP contribution in [0.2, 0.25) is 5.02 Å². The minimum absolute atomic E-state index is 0.155. The van der Waals surface area contributed by atoms with Crippen molar-refractivity contribution in [1.82, 2.24) is 9.13 Å². The molecule has 0 fully saturated rings. The molecule has 3 aromatic rings. The lowest BCUT2D eigenvalue weighted by Gasteiger charge is -2.14. The molecular formula is C23H24ClN3O2. The lowest BCUT2D eigenvalue weighted by molar-refractivity contribution is 0.475. The van der Waals surface area contributed by atoms with E-state index >= 15 is 0 Å². The van der Waals surface area contributed by atoms with Gasteiger partial charge in [-0.3, -0.25) is 4.57 Å². The molecule has 1 heterocycles. The summed E-state index contributed by atoms with van der Waals surface area (Å²) in [6.45, 7) is 5.68. The lowest BCUT2D eigenvalue weighted by atomic mass is 9.94. The van der Waals surface area contributed by atoms with E-state index in [2.05, 4.69) is 0 Å². The van der Waals surface area contributed by atoms with E-state index in [0.29, 0.717) is 27.5 Å². The normalized spacial score (nSPS) is 12.4. The van der Waals surface area contributed by atoms with Crippen molar-refractivity contribution in [2.24, 2.45) is 12.8 Å². The zero-order chi connectivity index (χ0) is 21.3. The number of phenols is 1. The molecule has 0 atom stereocenters. The number of aryl methyl sites for hydroxylation is 2. The first-order valence-electron chi connectivity index (χ1n) is 9.21. The number of phenolic OH excluding ortho intramolecular Hbond substituents is 1. The van der Waals surface area contributed by atoms with Gasteiger partial charge in [0.1, 0.15) is 5.75 Å². The van der Waals surface area contributed by atoms with Gasteiger partial charge in [-0.2, -0.15) is 0 Å². The van der Waals surface area contributed by atoms with Gasteiger partial charge in [0.25, 0.3) is 0 Å². The molecule has 2 aromatic carbocycles. The van der Waals surface area contributed by atoms with Crippen LogP contribution in [0, 0.1) is 6.92 Å². The van der Waals surface area contributed by atoms with Crippen LogP contribution in [-0.2, 0) is 7.05 Å². The fraction of sp³-hybridized carbons (Fsp3) is 0.174. The fourth-order valence-electron chi connectivity index (χ4n) is 3.30. The Kier molecular flexibility index (Phi) is 5.71. The second-order valence-electron chi connectivity index (χ2n) is 7.07. The SMILES string of the molecule is C/C=C(\C=C(\C)N)c1cc(C)cc(-c2ccc(-n3ccn(C)c3=O)c(Cl)c2)c1O. The second kappa shape index (κ2) is 8.05. The molecule has 0 aliphatic rings. The molecule has 0 saturated heterocycles. The lowest BCUT2D eigenvalue weighted by Crippen LogP contribution is -2.20. The van der Waals surface area contributed by atoms with Crippen LogP contribution < -0.4 is 11.4 Å². The van der Waals surface area contributed by atoms with Gasteiger partial charge in [0.2, 0.25) is 0 Å². The van der Waals surface area contributed by atoms with Gasteiger partial charge in [-0.15, -0.1) is 0 Å². The number of nitrogens with two attached hydrogens (primary N) is 1. The summed E-state index contributed by atoms with van der Waals surface area (Å²) in [4.78, 5) is 12.2. The Bertz CT molecular complexity index is 1200. The van der Waals surface area contributed by atoms with Gasteiger partial charge >= 0.3 is 5.69 Å². The Hall–Kier alpha value is -3.18. The fourth-order valence-corrected chi connectivity index (χ4v) is 3.57. The molecular weight excluding hydrogens is 386 g/mol. The van der Waals surface area contributed by atoms with E-state index in [0.717, 1.165) is 16.7 Å². The number of hydrogen-bond acceptors (Lipinski definition) is 3. The molecule has 3 rings (SSSR count). The quantitative estimate of drug-likeness (QED) is 0.609. The summed E-state index contributed by atoms with van der Waals surface area (Å²) >= 11 is 6.50. The third-order valence-electron chi connectivity index (χ3n) is 4.72. The predicted molar refractivity (Wildman–Crippen MR) is 119 cm³/mol. The van der Waals surface area contributed by atoms with E-state index in [1.54, 1.807) is 38.5 Å². The standard InChI is InChI=1S/C23H24ClN3O2/c1-5-16(12-15(3)25)18-10-14(2)11-19(22(18)28)17-6-7-21(20(24)13-17)27-9-8-26(4)23(27)29/h5-13,28H,25H2,1-4H3/b15-12-,16-5+. The van der Waals surface area contributed by atoms with Crippen molar-refractivity contribution in [3.8, 4) is 22.6 Å². The Morgan fingerprint density at radius 1 is 1.21 bits per heavy atom. The van der Waals surface area contributed by atoms with Crippen molar-refractivity contribution in [3.05, 3.63) is 87.2 Å². The number of aromatic hydroxyl groups is 1. The second-order valence-corrected chi connectivity index (χ2v) is 7.48. The molecule has 0 aliphatic carbocycles. The Labute approximate surface area is 175 Å². The number of nitrogens with zero attached hydrogens (tertiary/aromatic N) is 2. The highest BCUT2D eigenvalue weighted by Crippen LogP contribution is 2.39. The third-order valence-corrected chi connectivity index (χ3v) is 5.03. The largest absolute Gasteiger partial charge is 0.507 e. The highest BCUT2D eigenvalue weighted by atomic mass is 35.5. The van der Waals surface area contributed by atoms with Crippen LogP contribution in [0.5, 0.6) is 5.75 Å². The number of rotatable bonds is 4. The van der Waals surface area contributed by atoms with E-state index in [1.807, 2.05) is 44.2 Å². The molecule has 0 spiro atoms. The first-order chi connectivity index (χ1) is 13.7. The smallest absolute Gasteiger partial charge is 0.332 e. The number of hydrogen-bond donors (Lipinski definition) is 2. The molecule has 3 N–H and O–H groups in total. The molecule has 29 heavy (non-hydrogen) atoms. The van der Waals surface area contributed by atoms with Gasteiger partial charge in [-0.1, -0.05) is 23.7 Å². The molecule has 0 radical (unpaired) electrons. The van der Waals surface area contributed by atoms with Crippen LogP contribution in [0.15, 0.2) is 65.4 Å². The summed E-state index contributed by atoms with van der Waals surface area (Å²) < 4.78 is 2.97. The summed E-state index contributed by atoms with van der Waals surface area (Å²) in [6.07, 6.45) is 7.09. The minimum Gasteiger partial charge on any atom is -0.507 e. The molecule has 6 heteroatoms. The van der Waals surface area contributed by atoms with Gasteiger partial charge in [0.15, 0.2) is 0 Å². The van der Waals surface area contributed by atoms with Crippen LogP contribution in [-0.4, -0.2) is 14.2 Å². The van der Waals surface area contributed by atoms with Crippen LogP contribution in [0.1, 0.15) is 25.0 Å². The monoisotopic (exact) mass is 409 g/mol. The van der Waals surface area contributed by atoms with Crippen LogP contribution in [0.4, 0.5) is 0 Å². The maximum Gasteiger partial charge on any atom is 0.332 e. The predicted octanol–water partition coefficient (Wildman–Crippen LogP) is 4.78. The van der Waals surface area contributed by atoms with Crippen LogP contribution >= 0.6 is 11.6 Å². The van der Waals surface area contributed by atoms with Crippen molar-refractivity contribution in [2.45, 2.75) is 20.8 Å². The average Bonchev–Trinajstić information content (AvgIpc) is 3.00. The minimum atomic E-state index is -0.179. The molecule has 0 saturated carbocycles. The van der Waals surface area contributed by atoms with E-state index in [-0.39, 0.29) is 11.4 Å². The number of benzene rings is 2.